The molecule has 0 saturated carbocycles. The fourth-order valence-electron chi connectivity index (χ4n) is 2.96. The average Bonchev–Trinajstić information content (AvgIpc) is 3.35. The van der Waals surface area contributed by atoms with Crippen LogP contribution in [0, 0.1) is 13.8 Å². The van der Waals surface area contributed by atoms with Crippen molar-refractivity contribution in [1.29, 1.82) is 0 Å². The van der Waals surface area contributed by atoms with Crippen LogP contribution in [0.15, 0.2) is 82.8 Å². The molecule has 0 aliphatic heterocycles. The van der Waals surface area contributed by atoms with E-state index in [1.54, 1.807) is 22.7 Å². The van der Waals surface area contributed by atoms with Crippen molar-refractivity contribution >= 4 is 46.5 Å². The molecule has 2 aromatic carbocycles. The first-order valence-electron chi connectivity index (χ1n) is 9.53. The van der Waals surface area contributed by atoms with Crippen LogP contribution in [0.3, 0.4) is 0 Å². The molecule has 0 atom stereocenters. The van der Waals surface area contributed by atoms with Crippen molar-refractivity contribution in [3.05, 3.63) is 103 Å². The van der Waals surface area contributed by atoms with Crippen LogP contribution in [0.25, 0.3) is 0 Å². The Hall–Kier alpha value is -2.82. The molecule has 2 nitrogen and oxygen atoms in total. The number of benzene rings is 2. The molecule has 0 amide bonds. The summed E-state index contributed by atoms with van der Waals surface area (Å²) in [6.45, 7) is 4.22. The predicted octanol–water partition coefficient (Wildman–Crippen LogP) is 7.52. The maximum atomic E-state index is 4.57. The highest BCUT2D eigenvalue weighted by atomic mass is 32.1. The molecule has 0 N–H and O–H groups in total. The van der Waals surface area contributed by atoms with Crippen LogP contribution in [-0.4, -0.2) is 12.4 Å². The lowest BCUT2D eigenvalue weighted by Gasteiger charge is -2.03. The topological polar surface area (TPSA) is 24.7 Å². The quantitative estimate of drug-likeness (QED) is 0.292. The van der Waals surface area contributed by atoms with Gasteiger partial charge in [0.25, 0.3) is 0 Å². The van der Waals surface area contributed by atoms with Gasteiger partial charge >= 0.3 is 0 Å². The highest BCUT2D eigenvalue weighted by Crippen LogP contribution is 2.20. The van der Waals surface area contributed by atoms with Gasteiger partial charge in [-0.25, -0.2) is 0 Å². The Morgan fingerprint density at radius 1 is 0.586 bits per heavy atom. The highest BCUT2D eigenvalue weighted by Gasteiger charge is 1.99. The van der Waals surface area contributed by atoms with E-state index in [1.807, 2.05) is 12.4 Å². The molecule has 2 aromatic heterocycles. The van der Waals surface area contributed by atoms with Gasteiger partial charge in [-0.1, -0.05) is 24.3 Å². The van der Waals surface area contributed by atoms with Gasteiger partial charge in [-0.3, -0.25) is 9.98 Å². The summed E-state index contributed by atoms with van der Waals surface area (Å²) in [6, 6.07) is 25.4. The molecule has 4 aromatic rings. The third-order valence-corrected chi connectivity index (χ3v) is 6.36. The summed E-state index contributed by atoms with van der Waals surface area (Å²) in [5.74, 6) is 0. The van der Waals surface area contributed by atoms with Crippen LogP contribution in [0.5, 0.6) is 0 Å². The highest BCUT2D eigenvalue weighted by molar-refractivity contribution is 7.13. The lowest BCUT2D eigenvalue weighted by atomic mass is 10.0. The fourth-order valence-corrected chi connectivity index (χ4v) is 4.46. The minimum atomic E-state index is 0.905. The Morgan fingerprint density at radius 2 is 1.00 bits per heavy atom. The van der Waals surface area contributed by atoms with Gasteiger partial charge in [-0.05, 0) is 79.9 Å². The molecule has 29 heavy (non-hydrogen) atoms. The molecular formula is C25H22N2S2. The van der Waals surface area contributed by atoms with E-state index in [4.69, 9.17) is 0 Å². The summed E-state index contributed by atoms with van der Waals surface area (Å²) in [5, 5.41) is 0. The second-order valence-electron chi connectivity index (χ2n) is 6.92. The molecule has 4 rings (SSSR count). The van der Waals surface area contributed by atoms with Crippen molar-refractivity contribution in [2.75, 3.05) is 0 Å². The maximum Gasteiger partial charge on any atom is 0.0630 e. The van der Waals surface area contributed by atoms with E-state index in [0.29, 0.717) is 0 Å². The van der Waals surface area contributed by atoms with E-state index in [9.17, 15) is 0 Å². The zero-order valence-corrected chi connectivity index (χ0v) is 18.1. The molecule has 144 valence electrons. The van der Waals surface area contributed by atoms with E-state index in [0.717, 1.165) is 17.8 Å². The lowest BCUT2D eigenvalue weighted by molar-refractivity contribution is 1.19. The number of thiophene rings is 2. The first-order chi connectivity index (χ1) is 14.1. The fraction of sp³-hybridized carbons (Fsp3) is 0.120. The van der Waals surface area contributed by atoms with Crippen molar-refractivity contribution in [3.8, 4) is 0 Å². The van der Waals surface area contributed by atoms with Crippen molar-refractivity contribution in [2.45, 2.75) is 20.3 Å². The third-order valence-electron chi connectivity index (χ3n) is 4.48. The van der Waals surface area contributed by atoms with E-state index in [-0.39, 0.29) is 0 Å². The molecule has 0 unspecified atom stereocenters. The van der Waals surface area contributed by atoms with Crippen LogP contribution in [0.2, 0.25) is 0 Å². The zero-order chi connectivity index (χ0) is 20.1. The summed E-state index contributed by atoms with van der Waals surface area (Å²) in [4.78, 5) is 14.1. The number of hydrogen-bond donors (Lipinski definition) is 0. The van der Waals surface area contributed by atoms with E-state index < -0.39 is 0 Å². The molecule has 0 fully saturated rings. The molecule has 0 spiro atoms. The van der Waals surface area contributed by atoms with Crippen LogP contribution < -0.4 is 0 Å². The second kappa shape index (κ2) is 9.12. The third kappa shape index (κ3) is 5.59. The maximum absolute atomic E-state index is 4.57. The van der Waals surface area contributed by atoms with Gasteiger partial charge in [-0.15, -0.1) is 22.7 Å². The van der Waals surface area contributed by atoms with Gasteiger partial charge in [0.05, 0.1) is 11.4 Å². The Morgan fingerprint density at radius 3 is 1.34 bits per heavy atom. The largest absolute Gasteiger partial charge is 0.255 e. The second-order valence-corrected chi connectivity index (χ2v) is 9.56. The van der Waals surface area contributed by atoms with E-state index in [2.05, 4.69) is 96.6 Å². The number of aryl methyl sites for hydroxylation is 2. The summed E-state index contributed by atoms with van der Waals surface area (Å²) < 4.78 is 0. The Balaban J connectivity index is 1.36. The number of aliphatic imine (C=N–C) groups is 2. The number of rotatable bonds is 6. The van der Waals surface area contributed by atoms with Gasteiger partial charge in [0.15, 0.2) is 0 Å². The molecule has 0 bridgehead atoms. The van der Waals surface area contributed by atoms with Crippen molar-refractivity contribution in [1.82, 2.24) is 0 Å². The molecule has 0 radical (unpaired) electrons. The summed E-state index contributed by atoms with van der Waals surface area (Å²) in [5.41, 5.74) is 4.52. The van der Waals surface area contributed by atoms with Crippen LogP contribution in [0.4, 0.5) is 11.4 Å². The molecule has 4 heteroatoms. The van der Waals surface area contributed by atoms with Crippen molar-refractivity contribution < 1.29 is 0 Å². The first-order valence-corrected chi connectivity index (χ1v) is 11.2. The monoisotopic (exact) mass is 414 g/mol. The van der Waals surface area contributed by atoms with E-state index in [1.165, 1.54) is 30.6 Å². The molecule has 0 aliphatic rings. The lowest BCUT2D eigenvalue weighted by Crippen LogP contribution is -1.87. The van der Waals surface area contributed by atoms with Gasteiger partial charge in [0.1, 0.15) is 0 Å². The van der Waals surface area contributed by atoms with Gasteiger partial charge in [0, 0.05) is 31.9 Å². The summed E-state index contributed by atoms with van der Waals surface area (Å²) in [6.07, 6.45) is 4.77. The zero-order valence-electron chi connectivity index (χ0n) is 16.5. The normalized spacial score (nSPS) is 11.7. The molecular weight excluding hydrogens is 392 g/mol. The van der Waals surface area contributed by atoms with Gasteiger partial charge in [-0.2, -0.15) is 0 Å². The average molecular weight is 415 g/mol. The van der Waals surface area contributed by atoms with Gasteiger partial charge < -0.3 is 0 Å². The van der Waals surface area contributed by atoms with Crippen LogP contribution >= 0.6 is 22.7 Å². The SMILES string of the molecule is Cc1ccc(C=Nc2ccc(Cc3ccc(N=Cc4ccc(C)s4)cc3)cc2)s1. The number of hydrogen-bond acceptors (Lipinski definition) is 4. The minimum Gasteiger partial charge on any atom is -0.255 e. The Labute approximate surface area is 179 Å². The standard InChI is InChI=1S/C25H22N2S2/c1-18-3-13-24(28-18)16-26-22-9-5-20(6-10-22)15-21-7-11-23(12-8-21)27-17-25-14-4-19(2)29-25/h3-14,16-17H,15H2,1-2H3. The Bertz CT molecular complexity index is 1040. The molecule has 0 saturated heterocycles. The van der Waals surface area contributed by atoms with Crippen molar-refractivity contribution in [2.24, 2.45) is 9.98 Å². The smallest absolute Gasteiger partial charge is 0.0630 e. The molecule has 0 aliphatic carbocycles. The predicted molar refractivity (Wildman–Crippen MR) is 128 cm³/mol. The minimum absolute atomic E-state index is 0.905. The first kappa shape index (κ1) is 19.5. The Kier molecular flexibility index (Phi) is 6.13. The molecule has 2 heterocycles. The summed E-state index contributed by atoms with van der Waals surface area (Å²) >= 11 is 3.52. The van der Waals surface area contributed by atoms with Crippen LogP contribution in [-0.2, 0) is 6.42 Å². The van der Waals surface area contributed by atoms with Gasteiger partial charge in [0.2, 0.25) is 0 Å². The summed E-state index contributed by atoms with van der Waals surface area (Å²) in [7, 11) is 0. The number of nitrogens with zero attached hydrogens (tertiary/aromatic N) is 2. The van der Waals surface area contributed by atoms with Crippen LogP contribution in [0.1, 0.15) is 30.6 Å². The van der Waals surface area contributed by atoms with Crippen molar-refractivity contribution in [3.63, 3.8) is 0 Å². The van der Waals surface area contributed by atoms with E-state index >= 15 is 0 Å².